The average molecular weight is 376 g/mol. The highest BCUT2D eigenvalue weighted by molar-refractivity contribution is 5.69. The molecule has 3 heteroatoms. The van der Waals surface area contributed by atoms with Crippen molar-refractivity contribution >= 4 is 5.97 Å². The van der Waals surface area contributed by atoms with Crippen LogP contribution in [0.4, 0.5) is 0 Å². The van der Waals surface area contributed by atoms with E-state index in [1.807, 2.05) is 12.3 Å². The van der Waals surface area contributed by atoms with Crippen LogP contribution >= 0.6 is 0 Å². The lowest BCUT2D eigenvalue weighted by atomic mass is 9.53. The molecular formula is C25H29NO2. The number of carbonyl (C=O) groups is 1. The van der Waals surface area contributed by atoms with Gasteiger partial charge in [-0.25, -0.2) is 0 Å². The average Bonchev–Trinajstić information content (AvgIpc) is 3.05. The number of hydrogen-bond donors (Lipinski definition) is 0. The number of aromatic nitrogens is 1. The molecular weight excluding hydrogens is 346 g/mol. The maximum atomic E-state index is 11.3. The van der Waals surface area contributed by atoms with E-state index < -0.39 is 0 Å². The number of benzene rings is 1. The van der Waals surface area contributed by atoms with Gasteiger partial charge in [0.1, 0.15) is 5.75 Å². The Kier molecular flexibility index (Phi) is 4.30. The van der Waals surface area contributed by atoms with E-state index in [1.165, 1.54) is 55.7 Å². The second kappa shape index (κ2) is 6.72. The number of fused-ring (bicyclic) bond motifs is 5. The summed E-state index contributed by atoms with van der Waals surface area (Å²) in [5.41, 5.74) is 4.75. The minimum Gasteiger partial charge on any atom is -0.427 e. The van der Waals surface area contributed by atoms with Crippen molar-refractivity contribution in [2.45, 2.75) is 64.2 Å². The molecule has 5 rings (SSSR count). The molecule has 2 fully saturated rings. The summed E-state index contributed by atoms with van der Waals surface area (Å²) in [6.07, 6.45) is 11.6. The van der Waals surface area contributed by atoms with Gasteiger partial charge >= 0.3 is 5.97 Å². The van der Waals surface area contributed by atoms with Crippen LogP contribution < -0.4 is 4.74 Å². The van der Waals surface area contributed by atoms with Gasteiger partial charge in [0.25, 0.3) is 0 Å². The van der Waals surface area contributed by atoms with Crippen LogP contribution in [-0.4, -0.2) is 11.0 Å². The molecule has 0 bridgehead atoms. The predicted octanol–water partition coefficient (Wildman–Crippen LogP) is 5.65. The number of rotatable bonds is 2. The van der Waals surface area contributed by atoms with Crippen molar-refractivity contribution in [1.29, 1.82) is 0 Å². The normalized spacial score (nSPS) is 33.5. The second-order valence-corrected chi connectivity index (χ2v) is 9.33. The highest BCUT2D eigenvalue weighted by atomic mass is 16.5. The zero-order valence-electron chi connectivity index (χ0n) is 16.9. The van der Waals surface area contributed by atoms with Crippen LogP contribution in [0.5, 0.6) is 5.75 Å². The van der Waals surface area contributed by atoms with Crippen LogP contribution in [0.15, 0.2) is 42.7 Å². The lowest BCUT2D eigenvalue weighted by Gasteiger charge is -2.51. The molecule has 2 saturated carbocycles. The molecule has 1 aromatic carbocycles. The van der Waals surface area contributed by atoms with E-state index >= 15 is 0 Å². The molecule has 0 radical (unpaired) electrons. The standard InChI is InChI=1S/C25H29NO2/c1-16(27)28-19-6-8-20-17(14-19)5-7-22-21(20)11-12-25(2)23(9-10-24(22)25)18-4-3-13-26-15-18/h3-4,6,8,13-15,21-24H,5,7,9-12H2,1-2H3. The van der Waals surface area contributed by atoms with Gasteiger partial charge in [0.05, 0.1) is 0 Å². The molecule has 146 valence electrons. The Morgan fingerprint density at radius 2 is 2.07 bits per heavy atom. The molecule has 1 aromatic heterocycles. The van der Waals surface area contributed by atoms with Gasteiger partial charge in [-0.15, -0.1) is 0 Å². The van der Waals surface area contributed by atoms with Crippen LogP contribution in [0.25, 0.3) is 0 Å². The first-order valence-electron chi connectivity index (χ1n) is 10.8. The van der Waals surface area contributed by atoms with Gasteiger partial charge in [-0.1, -0.05) is 19.1 Å². The predicted molar refractivity (Wildman–Crippen MR) is 109 cm³/mol. The van der Waals surface area contributed by atoms with Crippen molar-refractivity contribution in [3.63, 3.8) is 0 Å². The number of pyridine rings is 1. The Labute approximate surface area is 167 Å². The van der Waals surface area contributed by atoms with Crippen LogP contribution in [0.3, 0.4) is 0 Å². The first kappa shape index (κ1) is 17.9. The summed E-state index contributed by atoms with van der Waals surface area (Å²) in [5.74, 6) is 3.36. The summed E-state index contributed by atoms with van der Waals surface area (Å²) in [4.78, 5) is 15.7. The maximum Gasteiger partial charge on any atom is 0.308 e. The lowest BCUT2D eigenvalue weighted by molar-refractivity contribution is -0.131. The van der Waals surface area contributed by atoms with Gasteiger partial charge in [0, 0.05) is 19.3 Å². The van der Waals surface area contributed by atoms with Crippen molar-refractivity contribution in [1.82, 2.24) is 4.98 Å². The minimum absolute atomic E-state index is 0.241. The Morgan fingerprint density at radius 3 is 2.86 bits per heavy atom. The number of hydrogen-bond acceptors (Lipinski definition) is 3. The fourth-order valence-corrected chi connectivity index (χ4v) is 6.92. The molecule has 5 atom stereocenters. The zero-order chi connectivity index (χ0) is 19.3. The van der Waals surface area contributed by atoms with E-state index in [9.17, 15) is 4.79 Å². The zero-order valence-corrected chi connectivity index (χ0v) is 16.9. The number of ether oxygens (including phenoxy) is 1. The number of esters is 1. The fraction of sp³-hybridized carbons (Fsp3) is 0.520. The first-order valence-corrected chi connectivity index (χ1v) is 10.8. The van der Waals surface area contributed by atoms with E-state index in [4.69, 9.17) is 4.74 Å². The number of aryl methyl sites for hydroxylation is 1. The van der Waals surface area contributed by atoms with Crippen molar-refractivity contribution in [3.05, 3.63) is 59.4 Å². The molecule has 3 aliphatic rings. The molecule has 0 spiro atoms. The van der Waals surface area contributed by atoms with Crippen LogP contribution in [0.1, 0.15) is 74.5 Å². The Hall–Kier alpha value is -2.16. The molecule has 2 aromatic rings. The number of nitrogens with zero attached hydrogens (tertiary/aromatic N) is 1. The molecule has 0 N–H and O–H groups in total. The molecule has 28 heavy (non-hydrogen) atoms. The van der Waals surface area contributed by atoms with Gasteiger partial charge in [-0.3, -0.25) is 9.78 Å². The molecule has 0 saturated heterocycles. The molecule has 3 aliphatic carbocycles. The SMILES string of the molecule is CC(=O)Oc1ccc2c(c1)CCC1C2CCC2(C)C(c3cccnc3)CCC12. The van der Waals surface area contributed by atoms with Crippen molar-refractivity contribution in [2.24, 2.45) is 17.3 Å². The maximum absolute atomic E-state index is 11.3. The number of carbonyl (C=O) groups excluding carboxylic acids is 1. The lowest BCUT2D eigenvalue weighted by Crippen LogP contribution is -2.41. The first-order chi connectivity index (χ1) is 13.6. The fourth-order valence-electron chi connectivity index (χ4n) is 6.92. The van der Waals surface area contributed by atoms with Crippen molar-refractivity contribution in [3.8, 4) is 5.75 Å². The van der Waals surface area contributed by atoms with Gasteiger partial charge in [-0.05, 0) is 103 Å². The largest absolute Gasteiger partial charge is 0.427 e. The van der Waals surface area contributed by atoms with Gasteiger partial charge in [-0.2, -0.15) is 0 Å². The summed E-state index contributed by atoms with van der Waals surface area (Å²) in [6.45, 7) is 4.02. The van der Waals surface area contributed by atoms with E-state index in [2.05, 4.69) is 42.4 Å². The Bertz CT molecular complexity index is 893. The quantitative estimate of drug-likeness (QED) is 0.503. The Balaban J connectivity index is 1.43. The topological polar surface area (TPSA) is 39.2 Å². The van der Waals surface area contributed by atoms with Crippen molar-refractivity contribution in [2.75, 3.05) is 0 Å². The summed E-state index contributed by atoms with van der Waals surface area (Å²) in [5, 5.41) is 0. The van der Waals surface area contributed by atoms with E-state index in [1.54, 1.807) is 0 Å². The molecule has 5 unspecified atom stereocenters. The van der Waals surface area contributed by atoms with Gasteiger partial charge in [0.15, 0.2) is 0 Å². The summed E-state index contributed by atoms with van der Waals surface area (Å²) < 4.78 is 5.32. The third-order valence-corrected chi connectivity index (χ3v) is 8.05. The van der Waals surface area contributed by atoms with Gasteiger partial charge in [0.2, 0.25) is 0 Å². The molecule has 1 heterocycles. The third-order valence-electron chi connectivity index (χ3n) is 8.05. The molecule has 0 aliphatic heterocycles. The molecule has 3 nitrogen and oxygen atoms in total. The van der Waals surface area contributed by atoms with Crippen LogP contribution in [0, 0.1) is 17.3 Å². The second-order valence-electron chi connectivity index (χ2n) is 9.33. The van der Waals surface area contributed by atoms with Crippen LogP contribution in [-0.2, 0) is 11.2 Å². The monoisotopic (exact) mass is 375 g/mol. The van der Waals surface area contributed by atoms with Crippen LogP contribution in [0.2, 0.25) is 0 Å². The summed E-state index contributed by atoms with van der Waals surface area (Å²) in [7, 11) is 0. The minimum atomic E-state index is -0.241. The van der Waals surface area contributed by atoms with E-state index in [-0.39, 0.29) is 5.97 Å². The van der Waals surface area contributed by atoms with E-state index in [0.717, 1.165) is 18.3 Å². The highest BCUT2D eigenvalue weighted by Crippen LogP contribution is 2.65. The smallest absolute Gasteiger partial charge is 0.308 e. The van der Waals surface area contributed by atoms with Crippen molar-refractivity contribution < 1.29 is 9.53 Å². The van der Waals surface area contributed by atoms with Gasteiger partial charge < -0.3 is 4.74 Å². The third kappa shape index (κ3) is 2.78. The Morgan fingerprint density at radius 1 is 1.18 bits per heavy atom. The highest BCUT2D eigenvalue weighted by Gasteiger charge is 2.54. The molecule has 0 amide bonds. The van der Waals surface area contributed by atoms with E-state index in [0.29, 0.717) is 23.0 Å². The summed E-state index contributed by atoms with van der Waals surface area (Å²) >= 11 is 0. The summed E-state index contributed by atoms with van der Waals surface area (Å²) in [6, 6.07) is 10.7.